The Bertz CT molecular complexity index is 201. The summed E-state index contributed by atoms with van der Waals surface area (Å²) in [5.41, 5.74) is 1.29. The zero-order valence-electron chi connectivity index (χ0n) is 9.72. The molecule has 0 aliphatic heterocycles. The van der Waals surface area contributed by atoms with Crippen LogP contribution in [0.15, 0.2) is 36.5 Å². The summed E-state index contributed by atoms with van der Waals surface area (Å²) in [5.74, 6) is 0. The van der Waals surface area contributed by atoms with Gasteiger partial charge < -0.3 is 5.32 Å². The quantitative estimate of drug-likeness (QED) is 0.611. The number of hydrogen-bond donors (Lipinski definition) is 1. The Balaban J connectivity index is 3.79. The van der Waals surface area contributed by atoms with Crippen molar-refractivity contribution >= 4 is 0 Å². The summed E-state index contributed by atoms with van der Waals surface area (Å²) >= 11 is 0. The van der Waals surface area contributed by atoms with E-state index in [4.69, 9.17) is 0 Å². The van der Waals surface area contributed by atoms with Gasteiger partial charge in [-0.1, -0.05) is 37.8 Å². The zero-order valence-corrected chi connectivity index (χ0v) is 9.72. The second-order valence-electron chi connectivity index (χ2n) is 3.48. The number of hydrogen-bond acceptors (Lipinski definition) is 1. The summed E-state index contributed by atoms with van der Waals surface area (Å²) < 4.78 is 0. The highest BCUT2D eigenvalue weighted by atomic mass is 14.9. The smallest absolute Gasteiger partial charge is 0.00362 e. The Labute approximate surface area is 88.6 Å². The van der Waals surface area contributed by atoms with E-state index in [0.717, 1.165) is 13.0 Å². The lowest BCUT2D eigenvalue weighted by atomic mass is 10.1. The summed E-state index contributed by atoms with van der Waals surface area (Å²) in [6.45, 7) is 11.3. The number of nitrogens with one attached hydrogen (secondary N) is 1. The molecule has 80 valence electrons. The van der Waals surface area contributed by atoms with Crippen molar-refractivity contribution in [3.63, 3.8) is 0 Å². The van der Waals surface area contributed by atoms with Crippen LogP contribution in [0.5, 0.6) is 0 Å². The van der Waals surface area contributed by atoms with Gasteiger partial charge in [0.2, 0.25) is 0 Å². The van der Waals surface area contributed by atoms with E-state index in [0.29, 0.717) is 6.04 Å². The minimum atomic E-state index is 0.614. The fourth-order valence-corrected chi connectivity index (χ4v) is 1.08. The number of rotatable bonds is 7. The maximum Gasteiger partial charge on any atom is 0.00362 e. The Hall–Kier alpha value is -0.820. The molecule has 14 heavy (non-hydrogen) atoms. The van der Waals surface area contributed by atoms with E-state index in [1.807, 2.05) is 19.1 Å². The number of allylic oxidation sites excluding steroid dienone is 4. The van der Waals surface area contributed by atoms with Gasteiger partial charge in [0, 0.05) is 6.04 Å². The van der Waals surface area contributed by atoms with Gasteiger partial charge >= 0.3 is 0 Å². The van der Waals surface area contributed by atoms with Gasteiger partial charge in [-0.2, -0.15) is 0 Å². The van der Waals surface area contributed by atoms with E-state index in [-0.39, 0.29) is 0 Å². The minimum absolute atomic E-state index is 0.614. The van der Waals surface area contributed by atoms with Crippen molar-refractivity contribution in [2.24, 2.45) is 0 Å². The van der Waals surface area contributed by atoms with E-state index in [9.17, 15) is 0 Å². The second kappa shape index (κ2) is 8.76. The van der Waals surface area contributed by atoms with Crippen LogP contribution in [0.4, 0.5) is 0 Å². The molecule has 0 aromatic heterocycles. The molecule has 0 saturated carbocycles. The van der Waals surface area contributed by atoms with Crippen LogP contribution >= 0.6 is 0 Å². The summed E-state index contributed by atoms with van der Waals surface area (Å²) in [6.07, 6.45) is 10.4. The average Bonchev–Trinajstić information content (AvgIpc) is 2.22. The van der Waals surface area contributed by atoms with Crippen LogP contribution in [0.25, 0.3) is 0 Å². The maximum absolute atomic E-state index is 3.80. The molecule has 0 rings (SSSR count). The molecule has 1 heteroatoms. The lowest BCUT2D eigenvalue weighted by molar-refractivity contribution is 0.538. The van der Waals surface area contributed by atoms with Crippen LogP contribution in [0.3, 0.4) is 0 Å². The van der Waals surface area contributed by atoms with Crippen molar-refractivity contribution in [1.82, 2.24) is 5.32 Å². The Morgan fingerprint density at radius 2 is 2.21 bits per heavy atom. The van der Waals surface area contributed by atoms with Gasteiger partial charge in [0.1, 0.15) is 0 Å². The van der Waals surface area contributed by atoms with Crippen LogP contribution in [-0.4, -0.2) is 12.6 Å². The van der Waals surface area contributed by atoms with Crippen molar-refractivity contribution in [3.05, 3.63) is 36.5 Å². The fourth-order valence-electron chi connectivity index (χ4n) is 1.08. The van der Waals surface area contributed by atoms with Crippen LogP contribution in [0, 0.1) is 0 Å². The van der Waals surface area contributed by atoms with Crippen LogP contribution in [0.1, 0.15) is 33.6 Å². The van der Waals surface area contributed by atoms with Crippen LogP contribution in [-0.2, 0) is 0 Å². The molecule has 1 nitrogen and oxygen atoms in total. The predicted octanol–water partition coefficient (Wildman–Crippen LogP) is 3.45. The molecule has 0 aromatic carbocycles. The van der Waals surface area contributed by atoms with Crippen molar-refractivity contribution in [1.29, 1.82) is 0 Å². The first-order valence-corrected chi connectivity index (χ1v) is 5.42. The first kappa shape index (κ1) is 13.2. The van der Waals surface area contributed by atoms with Gasteiger partial charge in [0.05, 0.1) is 0 Å². The molecule has 0 fully saturated rings. The maximum atomic E-state index is 3.80. The van der Waals surface area contributed by atoms with E-state index in [1.165, 1.54) is 12.0 Å². The molecule has 1 unspecified atom stereocenters. The summed E-state index contributed by atoms with van der Waals surface area (Å²) in [4.78, 5) is 0. The lowest BCUT2D eigenvalue weighted by Gasteiger charge is -2.10. The van der Waals surface area contributed by atoms with Gasteiger partial charge in [0.15, 0.2) is 0 Å². The van der Waals surface area contributed by atoms with Gasteiger partial charge in [-0.05, 0) is 38.8 Å². The molecule has 1 atom stereocenters. The predicted molar refractivity (Wildman–Crippen MR) is 65.5 cm³/mol. The third-order valence-corrected chi connectivity index (χ3v) is 2.28. The minimum Gasteiger partial charge on any atom is -0.314 e. The lowest BCUT2D eigenvalue weighted by Crippen LogP contribution is -2.26. The normalized spacial score (nSPS) is 14.6. The zero-order chi connectivity index (χ0) is 10.8. The summed E-state index contributed by atoms with van der Waals surface area (Å²) in [7, 11) is 0. The molecule has 0 aliphatic rings. The highest BCUT2D eigenvalue weighted by molar-refractivity contribution is 5.21. The van der Waals surface area contributed by atoms with Crippen LogP contribution < -0.4 is 5.32 Å². The first-order valence-electron chi connectivity index (χ1n) is 5.42. The molecular formula is C13H23N. The van der Waals surface area contributed by atoms with Crippen molar-refractivity contribution in [2.75, 3.05) is 6.54 Å². The van der Waals surface area contributed by atoms with E-state index >= 15 is 0 Å². The molecule has 1 N–H and O–H groups in total. The monoisotopic (exact) mass is 193 g/mol. The Kier molecular flexibility index (Phi) is 8.25. The summed E-state index contributed by atoms with van der Waals surface area (Å²) in [5, 5.41) is 3.46. The average molecular weight is 193 g/mol. The fraction of sp³-hybridized carbons (Fsp3) is 0.538. The van der Waals surface area contributed by atoms with Crippen molar-refractivity contribution in [3.8, 4) is 0 Å². The SMILES string of the molecule is C=C/C(=C\C=C\C)CCNC(C)CC. The topological polar surface area (TPSA) is 12.0 Å². The third kappa shape index (κ3) is 6.67. The van der Waals surface area contributed by atoms with Crippen molar-refractivity contribution < 1.29 is 0 Å². The van der Waals surface area contributed by atoms with E-state index in [1.54, 1.807) is 0 Å². The molecule has 0 aliphatic carbocycles. The largest absolute Gasteiger partial charge is 0.314 e. The molecule has 0 aromatic rings. The third-order valence-electron chi connectivity index (χ3n) is 2.28. The van der Waals surface area contributed by atoms with E-state index in [2.05, 4.69) is 37.9 Å². The van der Waals surface area contributed by atoms with Crippen LogP contribution in [0.2, 0.25) is 0 Å². The molecule has 0 radical (unpaired) electrons. The highest BCUT2D eigenvalue weighted by Crippen LogP contribution is 2.02. The molecule has 0 heterocycles. The standard InChI is InChI=1S/C13H23N/c1-5-8-9-13(7-3)10-11-14-12(4)6-2/h5,7-9,12,14H,3,6,10-11H2,1-2,4H3/b8-5+,13-9+. The van der Waals surface area contributed by atoms with Gasteiger partial charge in [0.25, 0.3) is 0 Å². The van der Waals surface area contributed by atoms with Gasteiger partial charge in [-0.25, -0.2) is 0 Å². The molecule has 0 spiro atoms. The van der Waals surface area contributed by atoms with Gasteiger partial charge in [-0.3, -0.25) is 0 Å². The Morgan fingerprint density at radius 1 is 1.50 bits per heavy atom. The van der Waals surface area contributed by atoms with Gasteiger partial charge in [-0.15, -0.1) is 0 Å². The second-order valence-corrected chi connectivity index (χ2v) is 3.48. The Morgan fingerprint density at radius 3 is 2.71 bits per heavy atom. The van der Waals surface area contributed by atoms with E-state index < -0.39 is 0 Å². The first-order chi connectivity index (χ1) is 6.74. The van der Waals surface area contributed by atoms with Crippen molar-refractivity contribution in [2.45, 2.75) is 39.7 Å². The molecule has 0 saturated heterocycles. The summed E-state index contributed by atoms with van der Waals surface area (Å²) in [6, 6.07) is 0.614. The molecular weight excluding hydrogens is 170 g/mol. The molecule has 0 amide bonds. The molecule has 0 bridgehead atoms. The highest BCUT2D eigenvalue weighted by Gasteiger charge is 1.96.